The third-order valence-electron chi connectivity index (χ3n) is 5.37. The lowest BCUT2D eigenvalue weighted by Crippen LogP contribution is -2.34. The Hall–Kier alpha value is -3.53. The van der Waals surface area contributed by atoms with E-state index >= 15 is 0 Å². The molecule has 3 rings (SSSR count). The van der Waals surface area contributed by atoms with Gasteiger partial charge in [0.15, 0.2) is 0 Å². The van der Waals surface area contributed by atoms with Crippen LogP contribution in [0.5, 0.6) is 11.5 Å². The van der Waals surface area contributed by atoms with Gasteiger partial charge in [-0.1, -0.05) is 66.2 Å². The second-order valence-electron chi connectivity index (χ2n) is 8.20. The van der Waals surface area contributed by atoms with Crippen molar-refractivity contribution in [1.82, 2.24) is 5.32 Å². The van der Waals surface area contributed by atoms with E-state index < -0.39 is 0 Å². The number of allylic oxidation sites excluding steroid dienone is 1. The molecule has 160 valence electrons. The molecule has 4 heteroatoms. The van der Waals surface area contributed by atoms with E-state index in [-0.39, 0.29) is 34.6 Å². The van der Waals surface area contributed by atoms with Crippen molar-refractivity contribution in [2.75, 3.05) is 0 Å². The van der Waals surface area contributed by atoms with Crippen LogP contribution in [0.15, 0.2) is 61.2 Å². The van der Waals surface area contributed by atoms with Crippen molar-refractivity contribution in [3.63, 3.8) is 0 Å². The topological polar surface area (TPSA) is 69.6 Å². The highest BCUT2D eigenvalue weighted by atomic mass is 16.3. The molecular formula is C27H29NO3. The van der Waals surface area contributed by atoms with Crippen molar-refractivity contribution in [2.24, 2.45) is 0 Å². The lowest BCUT2D eigenvalue weighted by molar-refractivity contribution is 0.0937. The molecule has 0 spiro atoms. The first-order valence-electron chi connectivity index (χ1n) is 10.4. The Morgan fingerprint density at radius 3 is 2.39 bits per heavy atom. The fraction of sp³-hybridized carbons (Fsp3) is 0.222. The summed E-state index contributed by atoms with van der Waals surface area (Å²) in [7, 11) is 0. The number of carbonyl (C=O) groups is 1. The monoisotopic (exact) mass is 415 g/mol. The zero-order valence-corrected chi connectivity index (χ0v) is 18.5. The summed E-state index contributed by atoms with van der Waals surface area (Å²) in [6.45, 7) is 11.5. The van der Waals surface area contributed by atoms with Gasteiger partial charge in [0.05, 0.1) is 11.1 Å². The van der Waals surface area contributed by atoms with E-state index in [1.807, 2.05) is 69.3 Å². The van der Waals surface area contributed by atoms with Gasteiger partial charge in [0.1, 0.15) is 11.5 Å². The summed E-state index contributed by atoms with van der Waals surface area (Å²) in [4.78, 5) is 13.1. The van der Waals surface area contributed by atoms with Gasteiger partial charge in [-0.15, -0.1) is 0 Å². The highest BCUT2D eigenvalue weighted by Crippen LogP contribution is 2.44. The molecule has 1 atom stereocenters. The molecule has 0 aliphatic carbocycles. The number of nitrogens with one attached hydrogen (secondary N) is 1. The van der Waals surface area contributed by atoms with Crippen LogP contribution in [0.2, 0.25) is 0 Å². The van der Waals surface area contributed by atoms with Gasteiger partial charge >= 0.3 is 0 Å². The van der Waals surface area contributed by atoms with Crippen molar-refractivity contribution in [1.29, 1.82) is 0 Å². The van der Waals surface area contributed by atoms with Gasteiger partial charge in [-0.3, -0.25) is 4.79 Å². The number of hydrogen-bond donors (Lipinski definition) is 3. The summed E-state index contributed by atoms with van der Waals surface area (Å²) in [6.07, 6.45) is 0.676. The Labute approximate surface area is 183 Å². The number of aryl methyl sites for hydroxylation is 2. The SMILES string of the molecule is C=C(C)c1ccc(C)cc1-c1c(O)cc(C)c(C(=O)N[C@H](C)Cc2ccccc2)c1O. The molecule has 3 N–H and O–H groups in total. The molecule has 0 aliphatic rings. The van der Waals surface area contributed by atoms with E-state index in [4.69, 9.17) is 0 Å². The van der Waals surface area contributed by atoms with Crippen molar-refractivity contribution in [3.05, 3.63) is 89.0 Å². The maximum Gasteiger partial charge on any atom is 0.255 e. The van der Waals surface area contributed by atoms with Crippen LogP contribution in [-0.4, -0.2) is 22.2 Å². The van der Waals surface area contributed by atoms with E-state index in [0.29, 0.717) is 17.5 Å². The smallest absolute Gasteiger partial charge is 0.255 e. The lowest BCUT2D eigenvalue weighted by Gasteiger charge is -2.19. The summed E-state index contributed by atoms with van der Waals surface area (Å²) in [5, 5.41) is 24.8. The first kappa shape index (κ1) is 22.2. The van der Waals surface area contributed by atoms with Crippen LogP contribution < -0.4 is 5.32 Å². The van der Waals surface area contributed by atoms with E-state index in [2.05, 4.69) is 11.9 Å². The average Bonchev–Trinajstić information content (AvgIpc) is 2.68. The molecule has 3 aromatic carbocycles. The second kappa shape index (κ2) is 9.09. The van der Waals surface area contributed by atoms with E-state index in [1.54, 1.807) is 6.92 Å². The van der Waals surface area contributed by atoms with Crippen molar-refractivity contribution < 1.29 is 15.0 Å². The Morgan fingerprint density at radius 2 is 1.74 bits per heavy atom. The first-order valence-corrected chi connectivity index (χ1v) is 10.4. The van der Waals surface area contributed by atoms with Crippen molar-refractivity contribution in [3.8, 4) is 22.6 Å². The Balaban J connectivity index is 2.01. The molecule has 0 radical (unpaired) electrons. The molecule has 3 aromatic rings. The third kappa shape index (κ3) is 4.80. The van der Waals surface area contributed by atoms with Crippen LogP contribution in [0.4, 0.5) is 0 Å². The molecule has 0 saturated carbocycles. The minimum Gasteiger partial charge on any atom is -0.507 e. The zero-order chi connectivity index (χ0) is 22.7. The number of amides is 1. The molecule has 4 nitrogen and oxygen atoms in total. The predicted octanol–water partition coefficient (Wildman–Crippen LogP) is 5.78. The first-order chi connectivity index (χ1) is 14.7. The number of aromatic hydroxyl groups is 2. The second-order valence-corrected chi connectivity index (χ2v) is 8.20. The Morgan fingerprint density at radius 1 is 1.06 bits per heavy atom. The number of phenolic OH excluding ortho intramolecular Hbond substituents is 2. The van der Waals surface area contributed by atoms with Crippen LogP contribution in [0.3, 0.4) is 0 Å². The number of carbonyl (C=O) groups excluding carboxylic acids is 1. The summed E-state index contributed by atoms with van der Waals surface area (Å²) in [5.74, 6) is -0.670. The van der Waals surface area contributed by atoms with Crippen LogP contribution >= 0.6 is 0 Å². The van der Waals surface area contributed by atoms with E-state index in [0.717, 1.165) is 22.3 Å². The molecule has 0 aromatic heterocycles. The highest BCUT2D eigenvalue weighted by molar-refractivity contribution is 6.02. The molecule has 0 fully saturated rings. The van der Waals surface area contributed by atoms with Gasteiger partial charge in [0.25, 0.3) is 5.91 Å². The van der Waals surface area contributed by atoms with E-state index in [1.165, 1.54) is 6.07 Å². The highest BCUT2D eigenvalue weighted by Gasteiger charge is 2.24. The lowest BCUT2D eigenvalue weighted by atomic mass is 9.90. The van der Waals surface area contributed by atoms with Crippen molar-refractivity contribution >= 4 is 11.5 Å². The normalized spacial score (nSPS) is 11.7. The molecule has 0 bridgehead atoms. The van der Waals surface area contributed by atoms with Gasteiger partial charge < -0.3 is 15.5 Å². The minimum absolute atomic E-state index is 0.0722. The number of hydrogen-bond acceptors (Lipinski definition) is 3. The fourth-order valence-electron chi connectivity index (χ4n) is 3.89. The predicted molar refractivity (Wildman–Crippen MR) is 126 cm³/mol. The maximum absolute atomic E-state index is 13.1. The van der Waals surface area contributed by atoms with Gasteiger partial charge in [0, 0.05) is 6.04 Å². The quantitative estimate of drug-likeness (QED) is 0.478. The van der Waals surface area contributed by atoms with Crippen LogP contribution in [-0.2, 0) is 6.42 Å². The largest absolute Gasteiger partial charge is 0.507 e. The van der Waals surface area contributed by atoms with Crippen LogP contribution in [0.25, 0.3) is 16.7 Å². The maximum atomic E-state index is 13.1. The zero-order valence-electron chi connectivity index (χ0n) is 18.5. The third-order valence-corrected chi connectivity index (χ3v) is 5.37. The van der Waals surface area contributed by atoms with Gasteiger partial charge in [-0.25, -0.2) is 0 Å². The van der Waals surface area contributed by atoms with Crippen LogP contribution in [0.1, 0.15) is 46.5 Å². The summed E-state index contributed by atoms with van der Waals surface area (Å²) in [6, 6.07) is 17.1. The number of benzene rings is 3. The minimum atomic E-state index is -0.371. The molecule has 1 amide bonds. The molecule has 0 aliphatic heterocycles. The molecule has 0 saturated heterocycles. The van der Waals surface area contributed by atoms with Crippen LogP contribution in [0, 0.1) is 13.8 Å². The van der Waals surface area contributed by atoms with E-state index in [9.17, 15) is 15.0 Å². The summed E-state index contributed by atoms with van der Waals surface area (Å²) < 4.78 is 0. The Kier molecular flexibility index (Phi) is 6.50. The molecule has 0 heterocycles. The Bertz CT molecular complexity index is 1130. The number of phenols is 2. The molecule has 31 heavy (non-hydrogen) atoms. The number of rotatable bonds is 6. The summed E-state index contributed by atoms with van der Waals surface area (Å²) in [5.41, 5.74) is 5.27. The average molecular weight is 416 g/mol. The molecular weight excluding hydrogens is 386 g/mol. The molecule has 0 unspecified atom stereocenters. The fourth-order valence-corrected chi connectivity index (χ4v) is 3.89. The van der Waals surface area contributed by atoms with Gasteiger partial charge in [0.2, 0.25) is 0 Å². The summed E-state index contributed by atoms with van der Waals surface area (Å²) >= 11 is 0. The van der Waals surface area contributed by atoms with Gasteiger partial charge in [-0.2, -0.15) is 0 Å². The van der Waals surface area contributed by atoms with Gasteiger partial charge in [-0.05, 0) is 62.4 Å². The standard InChI is InChI=1S/C27H29NO3/c1-16(2)21-12-11-17(3)13-22(21)25-23(29)14-18(4)24(26(25)30)27(31)28-19(5)15-20-9-7-6-8-10-20/h6-14,19,29-30H,1,15H2,2-5H3,(H,28,31)/t19-/m1/s1. The van der Waals surface area contributed by atoms with Crippen molar-refractivity contribution in [2.45, 2.75) is 40.2 Å².